The number of piperidine rings is 1. The van der Waals surface area contributed by atoms with Gasteiger partial charge in [-0.15, -0.1) is 11.3 Å². The molecule has 1 aromatic heterocycles. The average Bonchev–Trinajstić information content (AvgIpc) is 2.90. The number of likely N-dealkylation sites (N-methyl/N-ethyl adjacent to an activating group) is 1. The van der Waals surface area contributed by atoms with Gasteiger partial charge >= 0.3 is 0 Å². The molecule has 0 spiro atoms. The number of hydrogen-bond acceptors (Lipinski definition) is 4. The lowest BCUT2D eigenvalue weighted by Crippen LogP contribution is -2.44. The summed E-state index contributed by atoms with van der Waals surface area (Å²) in [5.74, 6) is 0.501. The number of rotatable bonds is 2. The van der Waals surface area contributed by atoms with Crippen LogP contribution in [0.25, 0.3) is 0 Å². The predicted molar refractivity (Wildman–Crippen MR) is 87.5 cm³/mol. The van der Waals surface area contributed by atoms with Crippen molar-refractivity contribution in [3.05, 3.63) is 46.0 Å². The number of nitrogens with zero attached hydrogens (tertiary/aromatic N) is 2. The van der Waals surface area contributed by atoms with Gasteiger partial charge in [0.15, 0.2) is 5.13 Å². The molecule has 2 bridgehead atoms. The predicted octanol–water partition coefficient (Wildman–Crippen LogP) is 4.03. The Kier molecular flexibility index (Phi) is 3.05. The number of nitrogens with two attached hydrogens (primary N) is 1. The fourth-order valence-corrected chi connectivity index (χ4v) is 5.18. The number of benzene rings is 1. The van der Waals surface area contributed by atoms with Crippen molar-refractivity contribution in [2.45, 2.75) is 44.7 Å². The molecule has 4 heteroatoms. The highest BCUT2D eigenvalue weighted by atomic mass is 32.1. The van der Waals surface area contributed by atoms with E-state index in [0.717, 1.165) is 11.7 Å². The van der Waals surface area contributed by atoms with Crippen molar-refractivity contribution in [3.63, 3.8) is 0 Å². The molecule has 21 heavy (non-hydrogen) atoms. The minimum absolute atomic E-state index is 0.461. The summed E-state index contributed by atoms with van der Waals surface area (Å²) >= 11 is 1.70. The van der Waals surface area contributed by atoms with Gasteiger partial charge in [0.1, 0.15) is 0 Å². The van der Waals surface area contributed by atoms with Gasteiger partial charge in [-0.25, -0.2) is 4.98 Å². The molecular formula is C17H21N3S. The molecule has 1 fully saturated rings. The van der Waals surface area contributed by atoms with E-state index in [9.17, 15) is 0 Å². The highest BCUT2D eigenvalue weighted by molar-refractivity contribution is 7.15. The number of aryl methyl sites for hydroxylation is 1. The summed E-state index contributed by atoms with van der Waals surface area (Å²) in [7, 11) is 0. The summed E-state index contributed by atoms with van der Waals surface area (Å²) in [6, 6.07) is 10.0. The molecule has 5 rings (SSSR count). The third kappa shape index (κ3) is 1.93. The van der Waals surface area contributed by atoms with Crippen molar-refractivity contribution in [3.8, 4) is 0 Å². The second-order valence-electron chi connectivity index (χ2n) is 6.19. The number of anilines is 1. The molecule has 3 aliphatic rings. The van der Waals surface area contributed by atoms with Gasteiger partial charge in [-0.1, -0.05) is 36.8 Å². The molecule has 1 aromatic carbocycles. The molecule has 1 aliphatic carbocycles. The maximum Gasteiger partial charge on any atom is 0.180 e. The summed E-state index contributed by atoms with van der Waals surface area (Å²) in [6.45, 7) is 5.50. The van der Waals surface area contributed by atoms with E-state index in [0.29, 0.717) is 18.0 Å². The maximum absolute atomic E-state index is 5.99. The molecule has 2 aromatic rings. The molecule has 110 valence electrons. The monoisotopic (exact) mass is 299 g/mol. The zero-order valence-electron chi connectivity index (χ0n) is 12.5. The number of fused-ring (bicyclic) bond motifs is 2. The van der Waals surface area contributed by atoms with Crippen LogP contribution in [-0.4, -0.2) is 16.4 Å². The van der Waals surface area contributed by atoms with Gasteiger partial charge < -0.3 is 5.73 Å². The lowest BCUT2D eigenvalue weighted by molar-refractivity contribution is 0.0521. The topological polar surface area (TPSA) is 42.2 Å². The Morgan fingerprint density at radius 2 is 2.05 bits per heavy atom. The van der Waals surface area contributed by atoms with Crippen LogP contribution in [0, 0.1) is 6.92 Å². The minimum Gasteiger partial charge on any atom is -0.375 e. The standard InChI is InChI=1S/C17H21N3S/c1-3-20-13-9-8-12(14-16(13)21-17(18)19-14)15(20)11-6-4-10(2)5-7-11/h4-7,12-13,15H,3,8-9H2,1-2H3,(H2,18,19). The van der Waals surface area contributed by atoms with Gasteiger partial charge in [-0.2, -0.15) is 0 Å². The van der Waals surface area contributed by atoms with Crippen LogP contribution in [0.4, 0.5) is 5.13 Å². The Bertz CT molecular complexity index is 661. The van der Waals surface area contributed by atoms with Crippen molar-refractivity contribution in [2.75, 3.05) is 12.3 Å². The Balaban J connectivity index is 1.82. The maximum atomic E-state index is 5.99. The van der Waals surface area contributed by atoms with E-state index in [1.807, 2.05) is 0 Å². The molecule has 3 unspecified atom stereocenters. The van der Waals surface area contributed by atoms with Crippen LogP contribution in [0.2, 0.25) is 0 Å². The largest absolute Gasteiger partial charge is 0.375 e. The van der Waals surface area contributed by atoms with Crippen LogP contribution >= 0.6 is 11.3 Å². The van der Waals surface area contributed by atoms with E-state index in [2.05, 4.69) is 48.0 Å². The average molecular weight is 299 g/mol. The first-order valence-electron chi connectivity index (χ1n) is 7.77. The zero-order chi connectivity index (χ0) is 14.6. The number of hydrogen-bond donors (Lipinski definition) is 1. The van der Waals surface area contributed by atoms with Crippen LogP contribution in [0.15, 0.2) is 24.3 Å². The molecule has 3 heterocycles. The molecule has 0 radical (unpaired) electrons. The molecule has 3 atom stereocenters. The zero-order valence-corrected chi connectivity index (χ0v) is 13.4. The molecule has 0 saturated carbocycles. The highest BCUT2D eigenvalue weighted by Crippen LogP contribution is 2.57. The van der Waals surface area contributed by atoms with E-state index < -0.39 is 0 Å². The Morgan fingerprint density at radius 3 is 2.76 bits per heavy atom. The van der Waals surface area contributed by atoms with E-state index in [1.54, 1.807) is 11.3 Å². The summed E-state index contributed by atoms with van der Waals surface area (Å²) < 4.78 is 0. The number of aromatic nitrogens is 1. The van der Waals surface area contributed by atoms with Gasteiger partial charge in [0, 0.05) is 22.9 Å². The number of nitrogen functional groups attached to an aromatic ring is 1. The third-order valence-electron chi connectivity index (χ3n) is 5.03. The second kappa shape index (κ2) is 4.82. The van der Waals surface area contributed by atoms with Gasteiger partial charge in [0.25, 0.3) is 0 Å². The van der Waals surface area contributed by atoms with Crippen molar-refractivity contribution in [1.29, 1.82) is 0 Å². The van der Waals surface area contributed by atoms with Crippen molar-refractivity contribution < 1.29 is 0 Å². The van der Waals surface area contributed by atoms with Crippen LogP contribution in [0.1, 0.15) is 59.5 Å². The summed E-state index contributed by atoms with van der Waals surface area (Å²) in [4.78, 5) is 8.74. The van der Waals surface area contributed by atoms with Gasteiger partial charge in [0.2, 0.25) is 0 Å². The third-order valence-corrected chi connectivity index (χ3v) is 6.03. The van der Waals surface area contributed by atoms with E-state index >= 15 is 0 Å². The Hall–Kier alpha value is -1.39. The van der Waals surface area contributed by atoms with Crippen molar-refractivity contribution in [2.24, 2.45) is 0 Å². The van der Waals surface area contributed by atoms with Crippen LogP contribution < -0.4 is 5.73 Å². The fourth-order valence-electron chi connectivity index (χ4n) is 4.12. The summed E-state index contributed by atoms with van der Waals surface area (Å²) in [6.07, 6.45) is 2.48. The van der Waals surface area contributed by atoms with Gasteiger partial charge in [0.05, 0.1) is 5.69 Å². The molecule has 2 N–H and O–H groups in total. The van der Waals surface area contributed by atoms with E-state index in [4.69, 9.17) is 5.73 Å². The lowest BCUT2D eigenvalue weighted by Gasteiger charge is -2.50. The minimum atomic E-state index is 0.461. The Morgan fingerprint density at radius 1 is 1.29 bits per heavy atom. The molecular weight excluding hydrogens is 278 g/mol. The molecule has 0 amide bonds. The van der Waals surface area contributed by atoms with Crippen LogP contribution in [0.3, 0.4) is 0 Å². The molecule has 1 saturated heterocycles. The normalized spacial score (nSPS) is 27.8. The van der Waals surface area contributed by atoms with Crippen LogP contribution in [-0.2, 0) is 0 Å². The van der Waals surface area contributed by atoms with Crippen molar-refractivity contribution >= 4 is 16.5 Å². The fraction of sp³-hybridized carbons (Fsp3) is 0.471. The lowest BCUT2D eigenvalue weighted by atomic mass is 9.74. The summed E-state index contributed by atoms with van der Waals surface area (Å²) in [5.41, 5.74) is 10.0. The SMILES string of the molecule is CCN1C2CCC(c3nc(N)sc32)C1c1ccc(C)cc1. The highest BCUT2D eigenvalue weighted by Gasteiger charge is 2.47. The number of thiazole rings is 1. The van der Waals surface area contributed by atoms with E-state index in [1.165, 1.54) is 34.5 Å². The molecule has 2 aliphatic heterocycles. The smallest absolute Gasteiger partial charge is 0.180 e. The first-order chi connectivity index (χ1) is 10.2. The first-order valence-corrected chi connectivity index (χ1v) is 8.59. The quantitative estimate of drug-likeness (QED) is 0.910. The van der Waals surface area contributed by atoms with Gasteiger partial charge in [-0.3, -0.25) is 4.90 Å². The summed E-state index contributed by atoms with van der Waals surface area (Å²) in [5, 5.41) is 0.734. The Labute approximate surface area is 129 Å². The van der Waals surface area contributed by atoms with Crippen molar-refractivity contribution in [1.82, 2.24) is 9.88 Å². The van der Waals surface area contributed by atoms with Crippen LogP contribution in [0.5, 0.6) is 0 Å². The van der Waals surface area contributed by atoms with E-state index in [-0.39, 0.29) is 0 Å². The first kappa shape index (κ1) is 13.3. The van der Waals surface area contributed by atoms with Gasteiger partial charge in [-0.05, 0) is 31.9 Å². The second-order valence-corrected chi connectivity index (χ2v) is 7.25. The molecule has 3 nitrogen and oxygen atoms in total.